The third-order valence-electron chi connectivity index (χ3n) is 3.58. The van der Waals surface area contributed by atoms with Crippen molar-refractivity contribution < 1.29 is 14.5 Å². The Morgan fingerprint density at radius 2 is 2.12 bits per heavy atom. The van der Waals surface area contributed by atoms with E-state index in [0.717, 1.165) is 0 Å². The van der Waals surface area contributed by atoms with E-state index in [1.54, 1.807) is 4.90 Å². The molecule has 2 unspecified atom stereocenters. The minimum absolute atomic E-state index is 0.00686. The zero-order valence-electron chi connectivity index (χ0n) is 13.7. The van der Waals surface area contributed by atoms with Crippen LogP contribution in [0.3, 0.4) is 0 Å². The van der Waals surface area contributed by atoms with Crippen LogP contribution in [-0.2, 0) is 9.53 Å². The number of carbonyl (C=O) groups is 1. The van der Waals surface area contributed by atoms with Crippen LogP contribution in [0.4, 0.5) is 11.4 Å². The van der Waals surface area contributed by atoms with Gasteiger partial charge in [0.05, 0.1) is 17.1 Å². The average molecular weight is 365 g/mol. The van der Waals surface area contributed by atoms with E-state index in [2.05, 4.69) is 5.32 Å². The molecule has 8 nitrogen and oxygen atoms in total. The van der Waals surface area contributed by atoms with Gasteiger partial charge in [0.15, 0.2) is 0 Å². The molecule has 0 aromatic heterocycles. The zero-order chi connectivity index (χ0) is 18.6. The summed E-state index contributed by atoms with van der Waals surface area (Å²) in [7, 11) is 0. The number of benzene rings is 1. The minimum atomic E-state index is -0.607. The molecule has 1 saturated heterocycles. The van der Waals surface area contributed by atoms with Crippen LogP contribution < -0.4 is 5.32 Å². The number of nitro groups is 1. The largest absolute Gasteiger partial charge is 0.372 e. The summed E-state index contributed by atoms with van der Waals surface area (Å²) in [5, 5.41) is 22.9. The Labute approximate surface area is 149 Å². The smallest absolute Gasteiger partial charge is 0.289 e. The monoisotopic (exact) mass is 364 g/mol. The molecule has 1 amide bonds. The summed E-state index contributed by atoms with van der Waals surface area (Å²) in [6.45, 7) is 4.51. The quantitative estimate of drug-likeness (QED) is 0.381. The predicted molar refractivity (Wildman–Crippen MR) is 92.0 cm³/mol. The van der Waals surface area contributed by atoms with Crippen molar-refractivity contribution in [1.29, 1.82) is 5.26 Å². The fourth-order valence-electron chi connectivity index (χ4n) is 2.55. The highest BCUT2D eigenvalue weighted by Gasteiger charge is 2.27. The van der Waals surface area contributed by atoms with Crippen molar-refractivity contribution in [1.82, 2.24) is 4.90 Å². The number of nitro benzene ring substituents is 1. The number of nitrogens with one attached hydrogen (secondary N) is 1. The predicted octanol–water partition coefficient (Wildman–Crippen LogP) is 2.70. The van der Waals surface area contributed by atoms with Crippen molar-refractivity contribution in [3.63, 3.8) is 0 Å². The van der Waals surface area contributed by atoms with Gasteiger partial charge in [-0.25, -0.2) is 0 Å². The number of carbonyl (C=O) groups excluding carboxylic acids is 1. The first-order valence-electron chi connectivity index (χ1n) is 7.57. The number of rotatable bonds is 4. The van der Waals surface area contributed by atoms with Gasteiger partial charge in [0.25, 0.3) is 11.6 Å². The molecule has 1 heterocycles. The number of anilines is 1. The molecule has 1 aromatic rings. The van der Waals surface area contributed by atoms with Crippen LogP contribution in [-0.4, -0.2) is 41.0 Å². The van der Waals surface area contributed by atoms with Crippen LogP contribution in [0.2, 0.25) is 5.02 Å². The van der Waals surface area contributed by atoms with Crippen molar-refractivity contribution in [3.8, 4) is 6.07 Å². The molecule has 9 heteroatoms. The van der Waals surface area contributed by atoms with E-state index < -0.39 is 10.8 Å². The van der Waals surface area contributed by atoms with Gasteiger partial charge in [-0.05, 0) is 26.0 Å². The highest BCUT2D eigenvalue weighted by atomic mass is 35.5. The molecule has 0 radical (unpaired) electrons. The Kier molecular flexibility index (Phi) is 5.96. The summed E-state index contributed by atoms with van der Waals surface area (Å²) in [5.41, 5.74) is -0.0139. The van der Waals surface area contributed by atoms with Crippen molar-refractivity contribution in [2.75, 3.05) is 18.4 Å². The first-order chi connectivity index (χ1) is 11.8. The third kappa shape index (κ3) is 4.68. The number of hydrogen-bond donors (Lipinski definition) is 1. The van der Waals surface area contributed by atoms with Crippen LogP contribution in [0.15, 0.2) is 30.0 Å². The molecule has 1 fully saturated rings. The van der Waals surface area contributed by atoms with Gasteiger partial charge in [-0.3, -0.25) is 14.9 Å². The van der Waals surface area contributed by atoms with E-state index in [-0.39, 0.29) is 28.5 Å². The number of morpholine rings is 1. The second-order valence-electron chi connectivity index (χ2n) is 5.70. The van der Waals surface area contributed by atoms with E-state index in [4.69, 9.17) is 16.3 Å². The maximum absolute atomic E-state index is 12.5. The highest BCUT2D eigenvalue weighted by molar-refractivity contribution is 6.32. The molecule has 2 rings (SSSR count). The van der Waals surface area contributed by atoms with E-state index in [1.165, 1.54) is 24.4 Å². The average Bonchev–Trinajstić information content (AvgIpc) is 2.55. The lowest BCUT2D eigenvalue weighted by molar-refractivity contribution is -0.384. The van der Waals surface area contributed by atoms with Gasteiger partial charge in [-0.2, -0.15) is 5.26 Å². The Morgan fingerprint density at radius 3 is 2.68 bits per heavy atom. The molecule has 0 spiro atoms. The van der Waals surface area contributed by atoms with Gasteiger partial charge in [-0.1, -0.05) is 11.6 Å². The number of nitriles is 1. The van der Waals surface area contributed by atoms with Crippen molar-refractivity contribution >= 4 is 28.9 Å². The molecule has 132 valence electrons. The fourth-order valence-corrected chi connectivity index (χ4v) is 2.74. The summed E-state index contributed by atoms with van der Waals surface area (Å²) in [5.74, 6) is -0.416. The first-order valence-corrected chi connectivity index (χ1v) is 7.95. The van der Waals surface area contributed by atoms with Gasteiger partial charge in [-0.15, -0.1) is 0 Å². The number of nitrogens with zero attached hydrogens (tertiary/aromatic N) is 3. The molecular formula is C16H17ClN4O4. The molecule has 0 saturated carbocycles. The third-order valence-corrected chi connectivity index (χ3v) is 3.90. The maximum Gasteiger partial charge on any atom is 0.289 e. The van der Waals surface area contributed by atoms with Crippen LogP contribution in [0.5, 0.6) is 0 Å². The molecule has 1 aliphatic rings. The lowest BCUT2D eigenvalue weighted by Crippen LogP contribution is -2.48. The summed E-state index contributed by atoms with van der Waals surface area (Å²) in [6.07, 6.45) is 1.01. The molecule has 1 aromatic carbocycles. The van der Waals surface area contributed by atoms with Crippen LogP contribution in [0.25, 0.3) is 0 Å². The normalized spacial score (nSPS) is 20.7. The Bertz CT molecular complexity index is 749. The van der Waals surface area contributed by atoms with Crippen molar-refractivity contribution in [3.05, 3.63) is 45.1 Å². The molecule has 0 bridgehead atoms. The number of halogens is 1. The topological polar surface area (TPSA) is 109 Å². The standard InChI is InChI=1S/C16H17ClN4O4/c1-10-8-20(9-11(2)25-10)16(22)12(6-18)7-19-13-3-4-14(17)15(5-13)21(23)24/h3-5,7,10-11,19H,8-9H2,1-2H3/b12-7-. The summed E-state index contributed by atoms with van der Waals surface area (Å²) >= 11 is 5.75. The van der Waals surface area contributed by atoms with E-state index >= 15 is 0 Å². The SMILES string of the molecule is CC1CN(C(=O)/C(C#N)=C\Nc2ccc(Cl)c([N+](=O)[O-])c2)CC(C)O1. The Morgan fingerprint density at radius 1 is 1.48 bits per heavy atom. The number of ether oxygens (including phenoxy) is 1. The highest BCUT2D eigenvalue weighted by Crippen LogP contribution is 2.27. The van der Waals surface area contributed by atoms with Gasteiger partial charge < -0.3 is 15.0 Å². The van der Waals surface area contributed by atoms with Gasteiger partial charge in [0, 0.05) is 31.0 Å². The zero-order valence-corrected chi connectivity index (χ0v) is 14.5. The van der Waals surface area contributed by atoms with Gasteiger partial charge >= 0.3 is 0 Å². The molecule has 1 N–H and O–H groups in total. The number of amides is 1. The van der Waals surface area contributed by atoms with Gasteiger partial charge in [0.2, 0.25) is 0 Å². The van der Waals surface area contributed by atoms with Crippen molar-refractivity contribution in [2.45, 2.75) is 26.1 Å². The van der Waals surface area contributed by atoms with Crippen LogP contribution in [0.1, 0.15) is 13.8 Å². The van der Waals surface area contributed by atoms with E-state index in [1.807, 2.05) is 19.9 Å². The lowest BCUT2D eigenvalue weighted by atomic mass is 10.2. The molecular weight excluding hydrogens is 348 g/mol. The Hall–Kier alpha value is -2.63. The minimum Gasteiger partial charge on any atom is -0.372 e. The second-order valence-corrected chi connectivity index (χ2v) is 6.11. The number of hydrogen-bond acceptors (Lipinski definition) is 6. The van der Waals surface area contributed by atoms with Crippen LogP contribution >= 0.6 is 11.6 Å². The second kappa shape index (κ2) is 7.96. The van der Waals surface area contributed by atoms with Crippen LogP contribution in [0, 0.1) is 21.4 Å². The molecule has 25 heavy (non-hydrogen) atoms. The van der Waals surface area contributed by atoms with E-state index in [0.29, 0.717) is 18.8 Å². The lowest BCUT2D eigenvalue weighted by Gasteiger charge is -2.35. The van der Waals surface area contributed by atoms with Gasteiger partial charge in [0.1, 0.15) is 16.7 Å². The summed E-state index contributed by atoms with van der Waals surface area (Å²) < 4.78 is 5.57. The first kappa shape index (κ1) is 18.7. The molecule has 0 aliphatic carbocycles. The van der Waals surface area contributed by atoms with Crippen molar-refractivity contribution in [2.24, 2.45) is 0 Å². The molecule has 1 aliphatic heterocycles. The maximum atomic E-state index is 12.5. The van der Waals surface area contributed by atoms with E-state index in [9.17, 15) is 20.2 Å². The molecule has 2 atom stereocenters. The fraction of sp³-hybridized carbons (Fsp3) is 0.375. The summed E-state index contributed by atoms with van der Waals surface area (Å²) in [4.78, 5) is 24.3. The Balaban J connectivity index is 2.15. The summed E-state index contributed by atoms with van der Waals surface area (Å²) in [6, 6.07) is 5.98.